The summed E-state index contributed by atoms with van der Waals surface area (Å²) in [6.45, 7) is 3.64. The van der Waals surface area contributed by atoms with Gasteiger partial charge in [-0.15, -0.1) is 0 Å². The molecule has 0 aliphatic carbocycles. The molecule has 4 heteroatoms. The van der Waals surface area contributed by atoms with Crippen LogP contribution in [0.25, 0.3) is 6.08 Å². The van der Waals surface area contributed by atoms with Crippen molar-refractivity contribution in [3.05, 3.63) is 76.6 Å². The molecule has 1 unspecified atom stereocenters. The summed E-state index contributed by atoms with van der Waals surface area (Å²) < 4.78 is 13.3. The summed E-state index contributed by atoms with van der Waals surface area (Å²) in [5.74, 6) is -0.885. The first kappa shape index (κ1) is 16.4. The average Bonchev–Trinajstić information content (AvgIpc) is 2.56. The van der Waals surface area contributed by atoms with Gasteiger partial charge in [0.15, 0.2) is 0 Å². The lowest BCUT2D eigenvalue weighted by atomic mass is 10.0. The summed E-state index contributed by atoms with van der Waals surface area (Å²) >= 11 is 0. The van der Waals surface area contributed by atoms with Crippen LogP contribution >= 0.6 is 0 Å². The molecule has 3 nitrogen and oxygen atoms in total. The van der Waals surface area contributed by atoms with Gasteiger partial charge in [0.05, 0.1) is 6.04 Å². The summed E-state index contributed by atoms with van der Waals surface area (Å²) in [6.07, 6.45) is 1.41. The van der Waals surface area contributed by atoms with Crippen LogP contribution in [0.4, 0.5) is 4.39 Å². The molecule has 2 rings (SSSR count). The van der Waals surface area contributed by atoms with E-state index >= 15 is 0 Å². The number of amides is 1. The third-order valence-electron chi connectivity index (χ3n) is 3.55. The molecule has 0 fully saturated rings. The van der Waals surface area contributed by atoms with E-state index in [-0.39, 0.29) is 11.6 Å². The Hall–Kier alpha value is -2.93. The molecule has 0 aliphatic rings. The van der Waals surface area contributed by atoms with Crippen molar-refractivity contribution >= 4 is 12.0 Å². The summed E-state index contributed by atoms with van der Waals surface area (Å²) in [4.78, 5) is 12.3. The number of carbonyl (C=O) groups excluding carboxylic acids is 1. The largest absolute Gasteiger partial charge is 0.345 e. The molecule has 1 N–H and O–H groups in total. The monoisotopic (exact) mass is 308 g/mol. The highest BCUT2D eigenvalue weighted by Gasteiger charge is 2.14. The van der Waals surface area contributed by atoms with E-state index in [2.05, 4.69) is 5.32 Å². The van der Waals surface area contributed by atoms with Gasteiger partial charge >= 0.3 is 0 Å². The molecule has 0 heterocycles. The maximum Gasteiger partial charge on any atom is 0.262 e. The van der Waals surface area contributed by atoms with Crippen LogP contribution in [0.5, 0.6) is 0 Å². The Kier molecular flexibility index (Phi) is 5.27. The number of benzene rings is 2. The number of nitrogens with one attached hydrogen (secondary N) is 1. The zero-order chi connectivity index (χ0) is 16.8. The molecule has 23 heavy (non-hydrogen) atoms. The van der Waals surface area contributed by atoms with Gasteiger partial charge in [0.25, 0.3) is 5.91 Å². The van der Waals surface area contributed by atoms with Crippen molar-refractivity contribution < 1.29 is 9.18 Å². The molecule has 1 atom stereocenters. The first-order valence-corrected chi connectivity index (χ1v) is 7.25. The molecular formula is C19H17FN2O. The normalized spacial score (nSPS) is 12.3. The van der Waals surface area contributed by atoms with Gasteiger partial charge < -0.3 is 5.32 Å². The minimum Gasteiger partial charge on any atom is -0.345 e. The number of rotatable bonds is 4. The molecule has 0 aromatic heterocycles. The second-order valence-corrected chi connectivity index (χ2v) is 5.28. The lowest BCUT2D eigenvalue weighted by Crippen LogP contribution is -2.27. The number of carbonyl (C=O) groups is 1. The van der Waals surface area contributed by atoms with Crippen LogP contribution in [-0.4, -0.2) is 5.91 Å². The summed E-state index contributed by atoms with van der Waals surface area (Å²) in [7, 11) is 0. The Labute approximate surface area is 135 Å². The second-order valence-electron chi connectivity index (χ2n) is 5.28. The fourth-order valence-electron chi connectivity index (χ4n) is 2.17. The van der Waals surface area contributed by atoms with E-state index in [9.17, 15) is 14.4 Å². The van der Waals surface area contributed by atoms with E-state index in [1.165, 1.54) is 18.2 Å². The predicted octanol–water partition coefficient (Wildman–Crippen LogP) is 3.92. The summed E-state index contributed by atoms with van der Waals surface area (Å²) in [5.41, 5.74) is 2.20. The Morgan fingerprint density at radius 3 is 2.61 bits per heavy atom. The average molecular weight is 308 g/mol. The molecule has 0 saturated carbocycles. The highest BCUT2D eigenvalue weighted by Crippen LogP contribution is 2.16. The quantitative estimate of drug-likeness (QED) is 0.687. The number of nitriles is 1. The van der Waals surface area contributed by atoms with Crippen molar-refractivity contribution in [1.82, 2.24) is 5.32 Å². The first-order valence-electron chi connectivity index (χ1n) is 7.25. The lowest BCUT2D eigenvalue weighted by molar-refractivity contribution is -0.117. The van der Waals surface area contributed by atoms with Crippen molar-refractivity contribution in [1.29, 1.82) is 5.26 Å². The van der Waals surface area contributed by atoms with Crippen molar-refractivity contribution in [3.63, 3.8) is 0 Å². The van der Waals surface area contributed by atoms with Crippen LogP contribution in [0.2, 0.25) is 0 Å². The predicted molar refractivity (Wildman–Crippen MR) is 87.7 cm³/mol. The van der Waals surface area contributed by atoms with E-state index in [1.807, 2.05) is 43.3 Å². The van der Waals surface area contributed by atoms with E-state index in [0.29, 0.717) is 5.56 Å². The molecule has 0 spiro atoms. The standard InChI is InChI=1S/C19H17FN2O/c1-13-8-9-18(20)11-16(13)10-17(12-21)19(23)22-14(2)15-6-4-3-5-7-15/h3-11,14H,1-2H3,(H,22,23)/b17-10-. The molecule has 2 aromatic rings. The Morgan fingerprint density at radius 1 is 1.26 bits per heavy atom. The number of halogens is 1. The molecule has 2 aromatic carbocycles. The van der Waals surface area contributed by atoms with Crippen LogP contribution in [0, 0.1) is 24.1 Å². The molecule has 116 valence electrons. The SMILES string of the molecule is Cc1ccc(F)cc1/C=C(/C#N)C(=O)NC(C)c1ccccc1. The van der Waals surface area contributed by atoms with Gasteiger partial charge in [-0.05, 0) is 48.7 Å². The van der Waals surface area contributed by atoms with Crippen molar-refractivity contribution in [2.45, 2.75) is 19.9 Å². The topological polar surface area (TPSA) is 52.9 Å². The molecule has 1 amide bonds. The highest BCUT2D eigenvalue weighted by atomic mass is 19.1. The third kappa shape index (κ3) is 4.27. The maximum absolute atomic E-state index is 13.3. The van der Waals surface area contributed by atoms with Gasteiger partial charge in [-0.1, -0.05) is 36.4 Å². The van der Waals surface area contributed by atoms with E-state index in [0.717, 1.165) is 11.1 Å². The molecule has 0 bridgehead atoms. The fourth-order valence-corrected chi connectivity index (χ4v) is 2.17. The van der Waals surface area contributed by atoms with Crippen LogP contribution in [0.3, 0.4) is 0 Å². The number of nitrogens with zero attached hydrogens (tertiary/aromatic N) is 1. The van der Waals surface area contributed by atoms with Gasteiger partial charge in [0.2, 0.25) is 0 Å². The first-order chi connectivity index (χ1) is 11.0. The Morgan fingerprint density at radius 2 is 1.96 bits per heavy atom. The van der Waals surface area contributed by atoms with Gasteiger partial charge in [-0.3, -0.25) is 4.79 Å². The Balaban J connectivity index is 2.20. The second kappa shape index (κ2) is 7.37. The number of hydrogen-bond acceptors (Lipinski definition) is 2. The van der Waals surface area contributed by atoms with Crippen molar-refractivity contribution in [3.8, 4) is 6.07 Å². The van der Waals surface area contributed by atoms with E-state index < -0.39 is 11.7 Å². The Bertz CT molecular complexity index is 776. The number of hydrogen-bond donors (Lipinski definition) is 1. The fraction of sp³-hybridized carbons (Fsp3) is 0.158. The zero-order valence-electron chi connectivity index (χ0n) is 13.0. The van der Waals surface area contributed by atoms with Crippen LogP contribution < -0.4 is 5.32 Å². The van der Waals surface area contributed by atoms with Crippen LogP contribution in [0.1, 0.15) is 29.7 Å². The van der Waals surface area contributed by atoms with Gasteiger partial charge in [-0.2, -0.15) is 5.26 Å². The van der Waals surface area contributed by atoms with Crippen LogP contribution in [-0.2, 0) is 4.79 Å². The van der Waals surface area contributed by atoms with Gasteiger partial charge in [0, 0.05) is 0 Å². The van der Waals surface area contributed by atoms with E-state index in [1.54, 1.807) is 13.0 Å². The summed E-state index contributed by atoms with van der Waals surface area (Å²) in [6, 6.07) is 15.4. The van der Waals surface area contributed by atoms with Gasteiger partial charge in [-0.25, -0.2) is 4.39 Å². The molecule has 0 radical (unpaired) electrons. The minimum atomic E-state index is -0.479. The number of aryl methyl sites for hydroxylation is 1. The van der Waals surface area contributed by atoms with E-state index in [4.69, 9.17) is 0 Å². The smallest absolute Gasteiger partial charge is 0.262 e. The molecule has 0 saturated heterocycles. The lowest BCUT2D eigenvalue weighted by Gasteiger charge is -2.14. The van der Waals surface area contributed by atoms with Crippen molar-refractivity contribution in [2.75, 3.05) is 0 Å². The highest BCUT2D eigenvalue weighted by molar-refractivity contribution is 6.02. The minimum absolute atomic E-state index is 0.0542. The van der Waals surface area contributed by atoms with Crippen LogP contribution in [0.15, 0.2) is 54.1 Å². The molecule has 0 aliphatic heterocycles. The zero-order valence-corrected chi connectivity index (χ0v) is 13.0. The van der Waals surface area contributed by atoms with Gasteiger partial charge in [0.1, 0.15) is 17.5 Å². The molecular weight excluding hydrogens is 291 g/mol. The third-order valence-corrected chi connectivity index (χ3v) is 3.55. The summed E-state index contributed by atoms with van der Waals surface area (Å²) in [5, 5.41) is 12.0. The van der Waals surface area contributed by atoms with Crippen molar-refractivity contribution in [2.24, 2.45) is 0 Å². The maximum atomic E-state index is 13.3.